The zero-order chi connectivity index (χ0) is 13.3. The molecule has 3 N–H and O–H groups in total. The van der Waals surface area contributed by atoms with Crippen molar-refractivity contribution in [3.8, 4) is 0 Å². The largest absolute Gasteiger partial charge is 0.478 e. The second kappa shape index (κ2) is 4.64. The molecule has 1 atom stereocenters. The Hall–Kier alpha value is -2.11. The van der Waals surface area contributed by atoms with Gasteiger partial charge in [0, 0.05) is 19.3 Å². The van der Waals surface area contributed by atoms with E-state index in [4.69, 9.17) is 10.8 Å². The molecule has 2 heterocycles. The number of anilines is 1. The molecule has 18 heavy (non-hydrogen) atoms. The van der Waals surface area contributed by atoms with Gasteiger partial charge in [-0.25, -0.2) is 9.78 Å². The molecule has 1 aromatic heterocycles. The zero-order valence-electron chi connectivity index (χ0n) is 10.1. The van der Waals surface area contributed by atoms with Crippen LogP contribution < -0.4 is 10.6 Å². The van der Waals surface area contributed by atoms with Crippen molar-refractivity contribution >= 4 is 17.7 Å². The third-order valence-electron chi connectivity index (χ3n) is 3.19. The minimum Gasteiger partial charge on any atom is -0.478 e. The molecule has 0 aliphatic carbocycles. The Labute approximate surface area is 104 Å². The summed E-state index contributed by atoms with van der Waals surface area (Å²) in [5.41, 5.74) is 6.24. The molecule has 1 aliphatic heterocycles. The number of pyridine rings is 1. The number of carbonyl (C=O) groups excluding carboxylic acids is 1. The number of nitrogens with two attached hydrogens (primary N) is 1. The lowest BCUT2D eigenvalue weighted by Gasteiger charge is -2.19. The van der Waals surface area contributed by atoms with Crippen molar-refractivity contribution in [2.75, 3.05) is 18.0 Å². The molecule has 6 heteroatoms. The molecule has 6 nitrogen and oxygen atoms in total. The Bertz CT molecular complexity index is 501. The van der Waals surface area contributed by atoms with Gasteiger partial charge < -0.3 is 15.7 Å². The first kappa shape index (κ1) is 12.3. The Morgan fingerprint density at radius 2 is 2.28 bits per heavy atom. The predicted octanol–water partition coefficient (Wildman–Crippen LogP) is 0.400. The maximum absolute atomic E-state index is 11.1. The lowest BCUT2D eigenvalue weighted by Crippen LogP contribution is -2.28. The number of primary amides is 1. The summed E-state index contributed by atoms with van der Waals surface area (Å²) in [6.45, 7) is 3.08. The van der Waals surface area contributed by atoms with Crippen molar-refractivity contribution in [2.45, 2.75) is 13.3 Å². The number of rotatable bonds is 3. The van der Waals surface area contributed by atoms with E-state index in [9.17, 15) is 9.59 Å². The van der Waals surface area contributed by atoms with E-state index in [1.165, 1.54) is 6.20 Å². The van der Waals surface area contributed by atoms with E-state index in [0.29, 0.717) is 13.1 Å². The van der Waals surface area contributed by atoms with Crippen molar-refractivity contribution in [1.82, 2.24) is 4.98 Å². The molecule has 0 aromatic carbocycles. The normalized spacial score (nSPS) is 18.9. The molecule has 1 unspecified atom stereocenters. The SMILES string of the molecule is Cc1cc(C(=O)O)cnc1N1CCC(C(N)=O)C1. The van der Waals surface area contributed by atoms with Gasteiger partial charge in [-0.15, -0.1) is 0 Å². The van der Waals surface area contributed by atoms with Crippen LogP contribution in [-0.4, -0.2) is 35.1 Å². The van der Waals surface area contributed by atoms with Gasteiger partial charge in [-0.2, -0.15) is 0 Å². The highest BCUT2D eigenvalue weighted by Gasteiger charge is 2.28. The predicted molar refractivity (Wildman–Crippen MR) is 65.4 cm³/mol. The van der Waals surface area contributed by atoms with Crippen LogP contribution in [0.15, 0.2) is 12.3 Å². The fourth-order valence-corrected chi connectivity index (χ4v) is 2.20. The highest BCUT2D eigenvalue weighted by molar-refractivity contribution is 5.87. The topological polar surface area (TPSA) is 96.5 Å². The summed E-state index contributed by atoms with van der Waals surface area (Å²) in [4.78, 5) is 28.1. The maximum Gasteiger partial charge on any atom is 0.337 e. The van der Waals surface area contributed by atoms with Crippen molar-refractivity contribution in [3.05, 3.63) is 23.4 Å². The van der Waals surface area contributed by atoms with E-state index < -0.39 is 5.97 Å². The summed E-state index contributed by atoms with van der Waals surface area (Å²) in [6.07, 6.45) is 2.05. The molecule has 0 saturated carbocycles. The highest BCUT2D eigenvalue weighted by atomic mass is 16.4. The van der Waals surface area contributed by atoms with E-state index in [-0.39, 0.29) is 17.4 Å². The third kappa shape index (κ3) is 2.27. The van der Waals surface area contributed by atoms with Crippen LogP contribution >= 0.6 is 0 Å². The smallest absolute Gasteiger partial charge is 0.337 e. The standard InChI is InChI=1S/C12H15N3O3/c1-7-4-9(12(17)18)5-14-11(7)15-3-2-8(6-15)10(13)16/h4-5,8H,2-3,6H2,1H3,(H2,13,16)(H,17,18). The van der Waals surface area contributed by atoms with Gasteiger partial charge >= 0.3 is 5.97 Å². The molecule has 1 aliphatic rings. The van der Waals surface area contributed by atoms with Crippen LogP contribution in [0.1, 0.15) is 22.3 Å². The number of hydrogen-bond acceptors (Lipinski definition) is 4. The second-order valence-corrected chi connectivity index (χ2v) is 4.50. The van der Waals surface area contributed by atoms with Crippen LogP contribution in [-0.2, 0) is 4.79 Å². The molecule has 1 saturated heterocycles. The fraction of sp³-hybridized carbons (Fsp3) is 0.417. The number of aromatic nitrogens is 1. The molecule has 1 fully saturated rings. The Morgan fingerprint density at radius 3 is 2.78 bits per heavy atom. The lowest BCUT2D eigenvalue weighted by atomic mass is 10.1. The number of nitrogens with zero attached hydrogens (tertiary/aromatic N) is 2. The van der Waals surface area contributed by atoms with Gasteiger partial charge in [0.2, 0.25) is 5.91 Å². The van der Waals surface area contributed by atoms with Crippen LogP contribution in [0, 0.1) is 12.8 Å². The first-order valence-electron chi connectivity index (χ1n) is 5.73. The van der Waals surface area contributed by atoms with E-state index in [1.807, 2.05) is 11.8 Å². The lowest BCUT2D eigenvalue weighted by molar-refractivity contribution is -0.121. The number of carboxylic acids is 1. The molecule has 0 spiro atoms. The van der Waals surface area contributed by atoms with Crippen LogP contribution in [0.25, 0.3) is 0 Å². The second-order valence-electron chi connectivity index (χ2n) is 4.50. The molecule has 2 rings (SSSR count). The molecular weight excluding hydrogens is 234 g/mol. The number of carbonyl (C=O) groups is 2. The van der Waals surface area contributed by atoms with Crippen molar-refractivity contribution in [3.63, 3.8) is 0 Å². The van der Waals surface area contributed by atoms with E-state index in [1.54, 1.807) is 6.07 Å². The van der Waals surface area contributed by atoms with E-state index in [0.717, 1.165) is 17.8 Å². The first-order chi connectivity index (χ1) is 8.49. The number of carboxylic acid groups (broad SMARTS) is 1. The van der Waals surface area contributed by atoms with Gasteiger partial charge in [0.15, 0.2) is 0 Å². The average molecular weight is 249 g/mol. The van der Waals surface area contributed by atoms with Crippen molar-refractivity contribution in [2.24, 2.45) is 11.7 Å². The summed E-state index contributed by atoms with van der Waals surface area (Å²) in [5, 5.41) is 8.87. The van der Waals surface area contributed by atoms with Crippen LogP contribution in [0.4, 0.5) is 5.82 Å². The van der Waals surface area contributed by atoms with Gasteiger partial charge in [0.1, 0.15) is 5.82 Å². The maximum atomic E-state index is 11.1. The molecule has 1 aromatic rings. The van der Waals surface area contributed by atoms with E-state index in [2.05, 4.69) is 4.98 Å². The summed E-state index contributed by atoms with van der Waals surface area (Å²) in [5.74, 6) is -0.708. The molecule has 1 amide bonds. The van der Waals surface area contributed by atoms with Gasteiger partial charge in [-0.05, 0) is 25.0 Å². The zero-order valence-corrected chi connectivity index (χ0v) is 10.1. The minimum atomic E-state index is -0.992. The van der Waals surface area contributed by atoms with Gasteiger partial charge in [0.05, 0.1) is 11.5 Å². The summed E-state index contributed by atoms with van der Waals surface area (Å²) in [6, 6.07) is 1.59. The average Bonchev–Trinajstić information content (AvgIpc) is 2.78. The van der Waals surface area contributed by atoms with Gasteiger partial charge in [0.25, 0.3) is 0 Å². The minimum absolute atomic E-state index is 0.148. The molecule has 0 bridgehead atoms. The number of hydrogen-bond donors (Lipinski definition) is 2. The van der Waals surface area contributed by atoms with Gasteiger partial charge in [-0.3, -0.25) is 4.79 Å². The van der Waals surface area contributed by atoms with Crippen LogP contribution in [0.3, 0.4) is 0 Å². The Kier molecular flexibility index (Phi) is 3.18. The summed E-state index contributed by atoms with van der Waals surface area (Å²) < 4.78 is 0. The van der Waals surface area contributed by atoms with E-state index >= 15 is 0 Å². The monoisotopic (exact) mass is 249 g/mol. The van der Waals surface area contributed by atoms with Crippen LogP contribution in [0.2, 0.25) is 0 Å². The third-order valence-corrected chi connectivity index (χ3v) is 3.19. The summed E-state index contributed by atoms with van der Waals surface area (Å²) >= 11 is 0. The first-order valence-corrected chi connectivity index (χ1v) is 5.73. The number of aromatic carboxylic acids is 1. The van der Waals surface area contributed by atoms with Gasteiger partial charge in [-0.1, -0.05) is 0 Å². The van der Waals surface area contributed by atoms with Crippen molar-refractivity contribution in [1.29, 1.82) is 0 Å². The Balaban J connectivity index is 2.20. The summed E-state index contributed by atoms with van der Waals surface area (Å²) in [7, 11) is 0. The van der Waals surface area contributed by atoms with Crippen molar-refractivity contribution < 1.29 is 14.7 Å². The van der Waals surface area contributed by atoms with Crippen LogP contribution in [0.5, 0.6) is 0 Å². The highest BCUT2D eigenvalue weighted by Crippen LogP contribution is 2.25. The quantitative estimate of drug-likeness (QED) is 0.808. The molecule has 96 valence electrons. The fourth-order valence-electron chi connectivity index (χ4n) is 2.20. The number of aryl methyl sites for hydroxylation is 1. The molecular formula is C12H15N3O3. The Morgan fingerprint density at radius 1 is 1.56 bits per heavy atom. The number of amides is 1. The molecule has 0 radical (unpaired) electrons.